The van der Waals surface area contributed by atoms with Gasteiger partial charge in [0.15, 0.2) is 0 Å². The molecule has 88 valence electrons. The van der Waals surface area contributed by atoms with E-state index in [0.29, 0.717) is 10.6 Å². The standard InChI is InChI=1S/C11H13Cl2NO2/c1-7(12)11(16)14(2)6-8-5-9(13)3-4-10(8)15/h3-5,7,15H,6H2,1-2H3. The third-order valence-electron chi connectivity index (χ3n) is 2.17. The van der Waals surface area contributed by atoms with E-state index in [9.17, 15) is 9.90 Å². The molecule has 0 saturated heterocycles. The van der Waals surface area contributed by atoms with Gasteiger partial charge in [-0.15, -0.1) is 11.6 Å². The molecular weight excluding hydrogens is 249 g/mol. The average molecular weight is 262 g/mol. The van der Waals surface area contributed by atoms with Crippen LogP contribution in [0.15, 0.2) is 18.2 Å². The number of phenolic OH excluding ortho intramolecular Hbond substituents is 1. The zero-order chi connectivity index (χ0) is 12.3. The summed E-state index contributed by atoms with van der Waals surface area (Å²) in [5.74, 6) is -0.0766. The number of carbonyl (C=O) groups excluding carboxylic acids is 1. The number of nitrogens with zero attached hydrogens (tertiary/aromatic N) is 1. The van der Waals surface area contributed by atoms with E-state index in [2.05, 4.69) is 0 Å². The van der Waals surface area contributed by atoms with Gasteiger partial charge in [0.1, 0.15) is 11.1 Å². The predicted molar refractivity (Wildman–Crippen MR) is 64.9 cm³/mol. The van der Waals surface area contributed by atoms with Gasteiger partial charge in [0.2, 0.25) is 5.91 Å². The van der Waals surface area contributed by atoms with Gasteiger partial charge < -0.3 is 10.0 Å². The number of phenols is 1. The Labute approximate surface area is 105 Å². The molecule has 0 spiro atoms. The average Bonchev–Trinajstić information content (AvgIpc) is 2.22. The number of hydrogen-bond acceptors (Lipinski definition) is 2. The van der Waals surface area contributed by atoms with Crippen LogP contribution in [0.5, 0.6) is 5.75 Å². The monoisotopic (exact) mass is 261 g/mol. The highest BCUT2D eigenvalue weighted by Crippen LogP contribution is 2.22. The molecular formula is C11H13Cl2NO2. The van der Waals surface area contributed by atoms with E-state index in [-0.39, 0.29) is 18.2 Å². The minimum Gasteiger partial charge on any atom is -0.508 e. The lowest BCUT2D eigenvalue weighted by Crippen LogP contribution is -2.31. The van der Waals surface area contributed by atoms with Gasteiger partial charge in [-0.1, -0.05) is 11.6 Å². The molecule has 16 heavy (non-hydrogen) atoms. The number of aromatic hydroxyl groups is 1. The summed E-state index contributed by atoms with van der Waals surface area (Å²) in [6.45, 7) is 1.89. The van der Waals surface area contributed by atoms with Gasteiger partial charge in [-0.25, -0.2) is 0 Å². The van der Waals surface area contributed by atoms with Crippen molar-refractivity contribution in [3.8, 4) is 5.75 Å². The van der Waals surface area contributed by atoms with Crippen molar-refractivity contribution in [2.45, 2.75) is 18.8 Å². The van der Waals surface area contributed by atoms with E-state index in [1.165, 1.54) is 11.0 Å². The van der Waals surface area contributed by atoms with E-state index in [1.54, 1.807) is 26.1 Å². The molecule has 1 N–H and O–H groups in total. The molecule has 1 atom stereocenters. The minimum atomic E-state index is -0.577. The van der Waals surface area contributed by atoms with Crippen LogP contribution in [0.4, 0.5) is 0 Å². The number of benzene rings is 1. The zero-order valence-electron chi connectivity index (χ0n) is 9.08. The summed E-state index contributed by atoms with van der Waals surface area (Å²) in [4.78, 5) is 13.0. The summed E-state index contributed by atoms with van der Waals surface area (Å²) in [7, 11) is 1.63. The van der Waals surface area contributed by atoms with E-state index < -0.39 is 5.38 Å². The second-order valence-electron chi connectivity index (χ2n) is 3.58. The SMILES string of the molecule is CC(Cl)C(=O)N(C)Cc1cc(Cl)ccc1O. The number of rotatable bonds is 3. The van der Waals surface area contributed by atoms with E-state index in [4.69, 9.17) is 23.2 Å². The van der Waals surface area contributed by atoms with Gasteiger partial charge in [-0.05, 0) is 25.1 Å². The third kappa shape index (κ3) is 3.29. The Hall–Kier alpha value is -0.930. The van der Waals surface area contributed by atoms with E-state index in [0.717, 1.165) is 0 Å². The highest BCUT2D eigenvalue weighted by Gasteiger charge is 2.16. The zero-order valence-corrected chi connectivity index (χ0v) is 10.6. The highest BCUT2D eigenvalue weighted by molar-refractivity contribution is 6.31. The lowest BCUT2D eigenvalue weighted by Gasteiger charge is -2.19. The molecule has 0 heterocycles. The normalized spacial score (nSPS) is 12.2. The molecule has 0 radical (unpaired) electrons. The summed E-state index contributed by atoms with van der Waals surface area (Å²) < 4.78 is 0. The molecule has 1 aromatic carbocycles. The quantitative estimate of drug-likeness (QED) is 0.850. The van der Waals surface area contributed by atoms with Crippen molar-refractivity contribution in [2.24, 2.45) is 0 Å². The Balaban J connectivity index is 2.80. The fraction of sp³-hybridized carbons (Fsp3) is 0.364. The summed E-state index contributed by atoms with van der Waals surface area (Å²) in [6, 6.07) is 4.71. The largest absolute Gasteiger partial charge is 0.508 e. The van der Waals surface area contributed by atoms with Gasteiger partial charge >= 0.3 is 0 Å². The maximum Gasteiger partial charge on any atom is 0.240 e. The Morgan fingerprint density at radius 3 is 2.75 bits per heavy atom. The van der Waals surface area contributed by atoms with Crippen LogP contribution in [0.1, 0.15) is 12.5 Å². The Kier molecular flexibility index (Phi) is 4.44. The van der Waals surface area contributed by atoms with Crippen LogP contribution in [-0.4, -0.2) is 28.3 Å². The maximum absolute atomic E-state index is 11.5. The number of amides is 1. The highest BCUT2D eigenvalue weighted by atomic mass is 35.5. The van der Waals surface area contributed by atoms with Crippen molar-refractivity contribution in [2.75, 3.05) is 7.05 Å². The summed E-state index contributed by atoms with van der Waals surface area (Å²) in [5, 5.41) is 9.52. The predicted octanol–water partition coefficient (Wildman–Crippen LogP) is 2.63. The van der Waals surface area contributed by atoms with Crippen LogP contribution < -0.4 is 0 Å². The van der Waals surface area contributed by atoms with E-state index >= 15 is 0 Å². The van der Waals surface area contributed by atoms with Crippen molar-refractivity contribution in [3.63, 3.8) is 0 Å². The Bertz CT molecular complexity index is 394. The molecule has 0 saturated carbocycles. The first-order valence-corrected chi connectivity index (χ1v) is 5.59. The summed E-state index contributed by atoms with van der Waals surface area (Å²) in [5.41, 5.74) is 0.598. The van der Waals surface area contributed by atoms with Crippen LogP contribution in [0.3, 0.4) is 0 Å². The second kappa shape index (κ2) is 5.41. The first kappa shape index (κ1) is 13.1. The van der Waals surface area contributed by atoms with Crippen molar-refractivity contribution in [3.05, 3.63) is 28.8 Å². The lowest BCUT2D eigenvalue weighted by molar-refractivity contribution is -0.129. The molecule has 0 bridgehead atoms. The molecule has 5 heteroatoms. The minimum absolute atomic E-state index is 0.117. The summed E-state index contributed by atoms with van der Waals surface area (Å²) >= 11 is 11.5. The Morgan fingerprint density at radius 1 is 1.56 bits per heavy atom. The molecule has 0 fully saturated rings. The molecule has 0 aromatic heterocycles. The summed E-state index contributed by atoms with van der Waals surface area (Å²) in [6.07, 6.45) is 0. The first-order valence-electron chi connectivity index (χ1n) is 4.78. The smallest absolute Gasteiger partial charge is 0.240 e. The van der Waals surface area contributed by atoms with Crippen LogP contribution in [-0.2, 0) is 11.3 Å². The number of carbonyl (C=O) groups is 1. The van der Waals surface area contributed by atoms with Gasteiger partial charge in [-0.2, -0.15) is 0 Å². The Morgan fingerprint density at radius 2 is 2.19 bits per heavy atom. The molecule has 1 amide bonds. The molecule has 1 aromatic rings. The molecule has 1 rings (SSSR count). The van der Waals surface area contributed by atoms with Crippen molar-refractivity contribution in [1.29, 1.82) is 0 Å². The number of halogens is 2. The van der Waals surface area contributed by atoms with Crippen molar-refractivity contribution < 1.29 is 9.90 Å². The van der Waals surface area contributed by atoms with Gasteiger partial charge in [0, 0.05) is 24.2 Å². The van der Waals surface area contributed by atoms with Gasteiger partial charge in [0.25, 0.3) is 0 Å². The van der Waals surface area contributed by atoms with Crippen molar-refractivity contribution in [1.82, 2.24) is 4.90 Å². The first-order chi connectivity index (χ1) is 7.41. The molecule has 3 nitrogen and oxygen atoms in total. The van der Waals surface area contributed by atoms with Crippen LogP contribution in [0.2, 0.25) is 5.02 Å². The lowest BCUT2D eigenvalue weighted by atomic mass is 10.2. The van der Waals surface area contributed by atoms with E-state index in [1.807, 2.05) is 0 Å². The van der Waals surface area contributed by atoms with Gasteiger partial charge in [-0.3, -0.25) is 4.79 Å². The fourth-order valence-electron chi connectivity index (χ4n) is 1.32. The maximum atomic E-state index is 11.5. The van der Waals surface area contributed by atoms with Crippen LogP contribution >= 0.6 is 23.2 Å². The van der Waals surface area contributed by atoms with Crippen LogP contribution in [0.25, 0.3) is 0 Å². The van der Waals surface area contributed by atoms with Crippen LogP contribution in [0, 0.1) is 0 Å². The van der Waals surface area contributed by atoms with Gasteiger partial charge in [0.05, 0.1) is 0 Å². The topological polar surface area (TPSA) is 40.5 Å². The second-order valence-corrected chi connectivity index (χ2v) is 4.67. The number of hydrogen-bond donors (Lipinski definition) is 1. The fourth-order valence-corrected chi connectivity index (χ4v) is 1.68. The molecule has 1 unspecified atom stereocenters. The third-order valence-corrected chi connectivity index (χ3v) is 2.59. The molecule has 0 aliphatic heterocycles. The van der Waals surface area contributed by atoms with Crippen molar-refractivity contribution >= 4 is 29.1 Å². The molecule has 0 aliphatic rings. The molecule has 0 aliphatic carbocycles. The number of alkyl halides is 1.